The maximum atomic E-state index is 9.44. The molecular weight excluding hydrogens is 254 g/mol. The van der Waals surface area contributed by atoms with Gasteiger partial charge in [0.15, 0.2) is 0 Å². The zero-order valence-corrected chi connectivity index (χ0v) is 12.3. The van der Waals surface area contributed by atoms with Gasteiger partial charge in [0.1, 0.15) is 5.76 Å². The second kappa shape index (κ2) is 6.24. The van der Waals surface area contributed by atoms with Crippen molar-refractivity contribution < 1.29 is 9.63 Å². The summed E-state index contributed by atoms with van der Waals surface area (Å²) in [6.45, 7) is 6.50. The quantitative estimate of drug-likeness (QED) is 0.883. The highest BCUT2D eigenvalue weighted by molar-refractivity contribution is 5.04. The average molecular weight is 279 g/mol. The van der Waals surface area contributed by atoms with Crippen LogP contribution in [-0.2, 0) is 6.54 Å². The van der Waals surface area contributed by atoms with Crippen LogP contribution in [0.4, 0.5) is 0 Å². The zero-order valence-electron chi connectivity index (χ0n) is 12.3. The highest BCUT2D eigenvalue weighted by Crippen LogP contribution is 2.24. The normalized spacial score (nSPS) is 28.5. The van der Waals surface area contributed by atoms with E-state index in [9.17, 15) is 5.11 Å². The fourth-order valence-corrected chi connectivity index (χ4v) is 3.62. The molecule has 1 aromatic rings. The molecule has 3 heterocycles. The number of rotatable bonds is 5. The van der Waals surface area contributed by atoms with E-state index in [-0.39, 0.29) is 0 Å². The molecular formula is C15H25N3O2. The Kier molecular flexibility index (Phi) is 4.38. The first-order valence-corrected chi connectivity index (χ1v) is 7.77. The van der Waals surface area contributed by atoms with Gasteiger partial charge in [-0.3, -0.25) is 9.80 Å². The van der Waals surface area contributed by atoms with Gasteiger partial charge in [0.05, 0.1) is 12.3 Å². The van der Waals surface area contributed by atoms with Crippen LogP contribution in [0.5, 0.6) is 0 Å². The Labute approximate surface area is 120 Å². The lowest BCUT2D eigenvalue weighted by Crippen LogP contribution is -2.43. The Morgan fingerprint density at radius 2 is 2.00 bits per heavy atom. The number of hydrogen-bond donors (Lipinski definition) is 1. The number of hydrogen-bond acceptors (Lipinski definition) is 5. The fourth-order valence-electron chi connectivity index (χ4n) is 3.62. The van der Waals surface area contributed by atoms with E-state index in [1.165, 1.54) is 19.3 Å². The summed E-state index contributed by atoms with van der Waals surface area (Å²) >= 11 is 0. The van der Waals surface area contributed by atoms with Crippen molar-refractivity contribution >= 4 is 0 Å². The van der Waals surface area contributed by atoms with Crippen LogP contribution >= 0.6 is 0 Å². The van der Waals surface area contributed by atoms with Gasteiger partial charge in [-0.25, -0.2) is 0 Å². The Hall–Kier alpha value is -0.910. The highest BCUT2D eigenvalue weighted by Gasteiger charge is 2.31. The molecule has 2 aliphatic rings. The van der Waals surface area contributed by atoms with E-state index in [0.29, 0.717) is 18.7 Å². The van der Waals surface area contributed by atoms with E-state index in [0.717, 1.165) is 44.1 Å². The summed E-state index contributed by atoms with van der Waals surface area (Å²) in [5, 5.41) is 13.5. The molecule has 2 unspecified atom stereocenters. The van der Waals surface area contributed by atoms with E-state index in [1.54, 1.807) is 0 Å². The molecule has 0 aromatic carbocycles. The van der Waals surface area contributed by atoms with E-state index >= 15 is 0 Å². The van der Waals surface area contributed by atoms with Gasteiger partial charge in [0.2, 0.25) is 0 Å². The maximum Gasteiger partial charge on any atom is 0.133 e. The Balaban J connectivity index is 1.58. The second-order valence-electron chi connectivity index (χ2n) is 6.17. The number of aryl methyl sites for hydroxylation is 1. The van der Waals surface area contributed by atoms with Crippen molar-refractivity contribution in [2.45, 2.75) is 51.2 Å². The van der Waals surface area contributed by atoms with Gasteiger partial charge < -0.3 is 9.63 Å². The number of aliphatic hydroxyl groups excluding tert-OH is 1. The van der Waals surface area contributed by atoms with Crippen molar-refractivity contribution in [2.75, 3.05) is 26.2 Å². The minimum absolute atomic E-state index is 0.301. The third-order valence-electron chi connectivity index (χ3n) is 4.70. The minimum atomic E-state index is 0.301. The molecule has 2 aliphatic heterocycles. The standard InChI is InChI=1S/C15H25N3O2/c1-12-8-13(16-20-12)9-17-6-2-4-14(17)10-18-7-3-5-15(18)11-19/h8,14-15,19H,2-7,9-11H2,1H3. The Morgan fingerprint density at radius 1 is 1.25 bits per heavy atom. The third-order valence-corrected chi connectivity index (χ3v) is 4.70. The van der Waals surface area contributed by atoms with Gasteiger partial charge in [-0.15, -0.1) is 0 Å². The van der Waals surface area contributed by atoms with E-state index in [4.69, 9.17) is 4.52 Å². The Morgan fingerprint density at radius 3 is 2.70 bits per heavy atom. The molecule has 20 heavy (non-hydrogen) atoms. The number of aliphatic hydroxyl groups is 1. The predicted octanol–water partition coefficient (Wildman–Crippen LogP) is 1.40. The lowest BCUT2D eigenvalue weighted by Gasteiger charge is -2.30. The lowest BCUT2D eigenvalue weighted by molar-refractivity contribution is 0.119. The molecule has 0 amide bonds. The van der Waals surface area contributed by atoms with Gasteiger partial charge in [-0.2, -0.15) is 0 Å². The first kappa shape index (κ1) is 14.0. The van der Waals surface area contributed by atoms with Crippen LogP contribution in [-0.4, -0.2) is 58.4 Å². The van der Waals surface area contributed by atoms with Gasteiger partial charge in [-0.1, -0.05) is 5.16 Å². The highest BCUT2D eigenvalue weighted by atomic mass is 16.5. The maximum absolute atomic E-state index is 9.44. The topological polar surface area (TPSA) is 52.7 Å². The van der Waals surface area contributed by atoms with Crippen LogP contribution in [0.25, 0.3) is 0 Å². The van der Waals surface area contributed by atoms with Gasteiger partial charge >= 0.3 is 0 Å². The van der Waals surface area contributed by atoms with Crippen LogP contribution in [0.15, 0.2) is 10.6 Å². The molecule has 2 atom stereocenters. The van der Waals surface area contributed by atoms with Gasteiger partial charge in [0, 0.05) is 31.2 Å². The van der Waals surface area contributed by atoms with Gasteiger partial charge in [0.25, 0.3) is 0 Å². The zero-order chi connectivity index (χ0) is 13.9. The molecule has 1 N–H and O–H groups in total. The summed E-state index contributed by atoms with van der Waals surface area (Å²) in [6, 6.07) is 3.01. The number of likely N-dealkylation sites (tertiary alicyclic amines) is 2. The van der Waals surface area contributed by atoms with Crippen LogP contribution in [0.2, 0.25) is 0 Å². The number of aromatic nitrogens is 1. The average Bonchev–Trinajstić information content (AvgIpc) is 3.14. The van der Waals surface area contributed by atoms with Gasteiger partial charge in [-0.05, 0) is 45.7 Å². The second-order valence-corrected chi connectivity index (χ2v) is 6.17. The van der Waals surface area contributed by atoms with E-state index in [1.807, 2.05) is 13.0 Å². The summed E-state index contributed by atoms with van der Waals surface area (Å²) in [4.78, 5) is 4.99. The molecule has 0 radical (unpaired) electrons. The van der Waals surface area contributed by atoms with Crippen molar-refractivity contribution in [2.24, 2.45) is 0 Å². The van der Waals surface area contributed by atoms with E-state index in [2.05, 4.69) is 15.0 Å². The SMILES string of the molecule is Cc1cc(CN2CCCC2CN2CCCC2CO)no1. The molecule has 5 nitrogen and oxygen atoms in total. The largest absolute Gasteiger partial charge is 0.395 e. The van der Waals surface area contributed by atoms with Crippen LogP contribution < -0.4 is 0 Å². The van der Waals surface area contributed by atoms with Crippen LogP contribution in [0.3, 0.4) is 0 Å². The van der Waals surface area contributed by atoms with Crippen molar-refractivity contribution in [3.05, 3.63) is 17.5 Å². The lowest BCUT2D eigenvalue weighted by atomic mass is 10.2. The smallest absolute Gasteiger partial charge is 0.133 e. The molecule has 1 aromatic heterocycles. The first-order valence-electron chi connectivity index (χ1n) is 7.77. The monoisotopic (exact) mass is 279 g/mol. The predicted molar refractivity (Wildman–Crippen MR) is 76.4 cm³/mol. The fraction of sp³-hybridized carbons (Fsp3) is 0.800. The summed E-state index contributed by atoms with van der Waals surface area (Å²) in [5.41, 5.74) is 1.04. The molecule has 0 spiro atoms. The third kappa shape index (κ3) is 3.05. The molecule has 2 saturated heterocycles. The van der Waals surface area contributed by atoms with Crippen molar-refractivity contribution in [3.63, 3.8) is 0 Å². The molecule has 3 rings (SSSR count). The summed E-state index contributed by atoms with van der Waals surface area (Å²) < 4.78 is 5.16. The summed E-state index contributed by atoms with van der Waals surface area (Å²) in [6.07, 6.45) is 4.89. The molecule has 2 fully saturated rings. The van der Waals surface area contributed by atoms with Crippen molar-refractivity contribution in [1.82, 2.24) is 15.0 Å². The van der Waals surface area contributed by atoms with Crippen molar-refractivity contribution in [1.29, 1.82) is 0 Å². The Bertz CT molecular complexity index is 435. The molecule has 0 saturated carbocycles. The summed E-state index contributed by atoms with van der Waals surface area (Å²) in [5.74, 6) is 0.885. The molecule has 0 bridgehead atoms. The summed E-state index contributed by atoms with van der Waals surface area (Å²) in [7, 11) is 0. The molecule has 0 aliphatic carbocycles. The number of nitrogens with zero attached hydrogens (tertiary/aromatic N) is 3. The molecule has 5 heteroatoms. The molecule has 112 valence electrons. The van der Waals surface area contributed by atoms with E-state index < -0.39 is 0 Å². The van der Waals surface area contributed by atoms with Crippen molar-refractivity contribution in [3.8, 4) is 0 Å². The first-order chi connectivity index (χ1) is 9.76. The van der Waals surface area contributed by atoms with Crippen LogP contribution in [0, 0.1) is 6.92 Å². The minimum Gasteiger partial charge on any atom is -0.395 e. The van der Waals surface area contributed by atoms with Crippen LogP contribution in [0.1, 0.15) is 37.1 Å².